The molecule has 0 saturated carbocycles. The van der Waals surface area contributed by atoms with E-state index in [1.807, 2.05) is 60.7 Å². The smallest absolute Gasteiger partial charge is 0.204 e. The van der Waals surface area contributed by atoms with Crippen LogP contribution in [-0.2, 0) is 0 Å². The summed E-state index contributed by atoms with van der Waals surface area (Å²) in [6.45, 7) is 0. The highest BCUT2D eigenvalue weighted by Crippen LogP contribution is 2.26. The Labute approximate surface area is 156 Å². The summed E-state index contributed by atoms with van der Waals surface area (Å²) in [6.07, 6.45) is 3.12. The maximum atomic E-state index is 13.1. The standard InChI is InChI=1S/C24H16O3/c25-20(16-15-17-9-3-1-4-10-17)22-23(26)19-13-7-8-14-21(19)27-24(22)18-11-5-2-6-12-18/h1-16H. The van der Waals surface area contributed by atoms with E-state index >= 15 is 0 Å². The fourth-order valence-electron chi connectivity index (χ4n) is 2.98. The minimum atomic E-state index is -0.378. The first kappa shape index (κ1) is 16.7. The first-order chi connectivity index (χ1) is 13.2. The Morgan fingerprint density at radius 3 is 2.15 bits per heavy atom. The Hall–Kier alpha value is -3.72. The van der Waals surface area contributed by atoms with Crippen LogP contribution in [0.5, 0.6) is 0 Å². The van der Waals surface area contributed by atoms with Gasteiger partial charge in [-0.3, -0.25) is 9.59 Å². The van der Waals surface area contributed by atoms with E-state index in [4.69, 9.17) is 4.42 Å². The molecule has 0 fully saturated rings. The molecule has 0 aliphatic carbocycles. The van der Waals surface area contributed by atoms with E-state index in [1.54, 1.807) is 30.3 Å². The van der Waals surface area contributed by atoms with Gasteiger partial charge in [0.25, 0.3) is 0 Å². The lowest BCUT2D eigenvalue weighted by Gasteiger charge is -2.08. The summed E-state index contributed by atoms with van der Waals surface area (Å²) in [7, 11) is 0. The molecule has 1 aromatic heterocycles. The molecule has 0 spiro atoms. The highest BCUT2D eigenvalue weighted by molar-refractivity contribution is 6.11. The molecule has 0 amide bonds. The number of ketones is 1. The molecule has 0 atom stereocenters. The zero-order valence-corrected chi connectivity index (χ0v) is 14.5. The van der Waals surface area contributed by atoms with Gasteiger partial charge in [0, 0.05) is 5.56 Å². The van der Waals surface area contributed by atoms with Gasteiger partial charge in [-0.1, -0.05) is 78.9 Å². The molecule has 0 unspecified atom stereocenters. The zero-order valence-electron chi connectivity index (χ0n) is 14.5. The van der Waals surface area contributed by atoms with E-state index < -0.39 is 0 Å². The SMILES string of the molecule is O=C(C=Cc1ccccc1)c1c(-c2ccccc2)oc2ccccc2c1=O. The van der Waals surface area contributed by atoms with Crippen molar-refractivity contribution in [2.75, 3.05) is 0 Å². The van der Waals surface area contributed by atoms with Crippen molar-refractivity contribution in [3.63, 3.8) is 0 Å². The largest absolute Gasteiger partial charge is 0.455 e. The molecule has 0 aliphatic rings. The van der Waals surface area contributed by atoms with Crippen molar-refractivity contribution in [1.82, 2.24) is 0 Å². The van der Waals surface area contributed by atoms with Gasteiger partial charge in [-0.15, -0.1) is 0 Å². The molecule has 0 radical (unpaired) electrons. The summed E-state index contributed by atoms with van der Waals surface area (Å²) in [4.78, 5) is 26.0. The quantitative estimate of drug-likeness (QED) is 0.367. The third-order valence-corrected chi connectivity index (χ3v) is 4.31. The van der Waals surface area contributed by atoms with Crippen molar-refractivity contribution in [3.8, 4) is 11.3 Å². The minimum Gasteiger partial charge on any atom is -0.455 e. The lowest BCUT2D eigenvalue weighted by molar-refractivity contribution is 0.104. The van der Waals surface area contributed by atoms with Crippen molar-refractivity contribution in [1.29, 1.82) is 0 Å². The van der Waals surface area contributed by atoms with Gasteiger partial charge in [0.15, 0.2) is 5.78 Å². The summed E-state index contributed by atoms with van der Waals surface area (Å²) in [5.41, 5.74) is 1.77. The number of hydrogen-bond donors (Lipinski definition) is 0. The molecule has 0 saturated heterocycles. The molecule has 3 aromatic carbocycles. The van der Waals surface area contributed by atoms with Crippen molar-refractivity contribution >= 4 is 22.8 Å². The number of fused-ring (bicyclic) bond motifs is 1. The second kappa shape index (κ2) is 7.26. The minimum absolute atomic E-state index is 0.0482. The molecule has 130 valence electrons. The predicted molar refractivity (Wildman–Crippen MR) is 108 cm³/mol. The first-order valence-corrected chi connectivity index (χ1v) is 8.63. The molecule has 0 N–H and O–H groups in total. The van der Waals surface area contributed by atoms with Crippen LogP contribution in [0.2, 0.25) is 0 Å². The number of rotatable bonds is 4. The molecule has 4 aromatic rings. The van der Waals surface area contributed by atoms with Gasteiger partial charge in [0.1, 0.15) is 16.9 Å². The normalized spacial score (nSPS) is 11.1. The summed E-state index contributed by atoms with van der Waals surface area (Å²) in [5, 5.41) is 0.397. The zero-order chi connectivity index (χ0) is 18.6. The van der Waals surface area contributed by atoms with Crippen LogP contribution in [0.1, 0.15) is 15.9 Å². The molecule has 27 heavy (non-hydrogen) atoms. The Kier molecular flexibility index (Phi) is 4.50. The second-order valence-corrected chi connectivity index (χ2v) is 6.11. The number of benzene rings is 3. The molecule has 4 rings (SSSR count). The molecular weight excluding hydrogens is 336 g/mol. The van der Waals surface area contributed by atoms with E-state index in [9.17, 15) is 9.59 Å². The predicted octanol–water partition coefficient (Wildman–Crippen LogP) is 5.36. The molecular formula is C24H16O3. The fourth-order valence-corrected chi connectivity index (χ4v) is 2.98. The van der Waals surface area contributed by atoms with Gasteiger partial charge in [0.2, 0.25) is 5.43 Å². The number of para-hydroxylation sites is 1. The molecule has 3 heteroatoms. The average Bonchev–Trinajstić information content (AvgIpc) is 2.73. The van der Waals surface area contributed by atoms with Crippen LogP contribution in [-0.4, -0.2) is 5.78 Å². The van der Waals surface area contributed by atoms with Crippen molar-refractivity contribution in [2.24, 2.45) is 0 Å². The number of carbonyl (C=O) groups is 1. The van der Waals surface area contributed by atoms with E-state index in [0.29, 0.717) is 22.3 Å². The molecule has 3 nitrogen and oxygen atoms in total. The van der Waals surface area contributed by atoms with Gasteiger partial charge in [-0.05, 0) is 23.8 Å². The van der Waals surface area contributed by atoms with Gasteiger partial charge in [-0.25, -0.2) is 0 Å². The van der Waals surface area contributed by atoms with Crippen LogP contribution < -0.4 is 5.43 Å². The summed E-state index contributed by atoms with van der Waals surface area (Å²) < 4.78 is 5.98. The van der Waals surface area contributed by atoms with Crippen LogP contribution in [0.15, 0.2) is 100 Å². The van der Waals surface area contributed by atoms with Gasteiger partial charge < -0.3 is 4.42 Å². The third-order valence-electron chi connectivity index (χ3n) is 4.31. The Balaban J connectivity index is 1.90. The highest BCUT2D eigenvalue weighted by Gasteiger charge is 2.20. The van der Waals surface area contributed by atoms with Gasteiger partial charge in [-0.2, -0.15) is 0 Å². The Morgan fingerprint density at radius 1 is 0.778 bits per heavy atom. The summed E-state index contributed by atoms with van der Waals surface area (Å²) in [6, 6.07) is 25.7. The number of carbonyl (C=O) groups excluding carboxylic acids is 1. The summed E-state index contributed by atoms with van der Waals surface area (Å²) >= 11 is 0. The topological polar surface area (TPSA) is 47.3 Å². The average molecular weight is 352 g/mol. The van der Waals surface area contributed by atoms with Crippen LogP contribution in [0, 0.1) is 0 Å². The van der Waals surface area contributed by atoms with E-state index in [1.165, 1.54) is 6.08 Å². The van der Waals surface area contributed by atoms with E-state index in [0.717, 1.165) is 5.56 Å². The summed E-state index contributed by atoms with van der Waals surface area (Å²) in [5.74, 6) is -0.0841. The van der Waals surface area contributed by atoms with Gasteiger partial charge >= 0.3 is 0 Å². The monoisotopic (exact) mass is 352 g/mol. The van der Waals surface area contributed by atoms with Crippen molar-refractivity contribution in [3.05, 3.63) is 112 Å². The Morgan fingerprint density at radius 2 is 1.41 bits per heavy atom. The lowest BCUT2D eigenvalue weighted by atomic mass is 10.0. The van der Waals surface area contributed by atoms with Crippen LogP contribution in [0.4, 0.5) is 0 Å². The van der Waals surface area contributed by atoms with Crippen LogP contribution in [0.25, 0.3) is 28.4 Å². The van der Waals surface area contributed by atoms with Crippen LogP contribution in [0.3, 0.4) is 0 Å². The fraction of sp³-hybridized carbons (Fsp3) is 0. The molecule has 0 bridgehead atoms. The molecule has 1 heterocycles. The number of allylic oxidation sites excluding steroid dienone is 1. The lowest BCUT2D eigenvalue weighted by Crippen LogP contribution is -2.15. The second-order valence-electron chi connectivity index (χ2n) is 6.11. The van der Waals surface area contributed by atoms with E-state index in [2.05, 4.69) is 0 Å². The highest BCUT2D eigenvalue weighted by atomic mass is 16.3. The van der Waals surface area contributed by atoms with Crippen molar-refractivity contribution < 1.29 is 9.21 Å². The maximum Gasteiger partial charge on any atom is 0.204 e. The van der Waals surface area contributed by atoms with Gasteiger partial charge in [0.05, 0.1) is 5.39 Å². The molecule has 0 aliphatic heterocycles. The van der Waals surface area contributed by atoms with Crippen LogP contribution >= 0.6 is 0 Å². The number of hydrogen-bond acceptors (Lipinski definition) is 3. The third kappa shape index (κ3) is 3.35. The van der Waals surface area contributed by atoms with Crippen molar-refractivity contribution in [2.45, 2.75) is 0 Å². The first-order valence-electron chi connectivity index (χ1n) is 8.63. The maximum absolute atomic E-state index is 13.1. The Bertz CT molecular complexity index is 1190. The van der Waals surface area contributed by atoms with E-state index in [-0.39, 0.29) is 16.8 Å².